The Morgan fingerprint density at radius 3 is 2.75 bits per heavy atom. The van der Waals surface area contributed by atoms with E-state index in [2.05, 4.69) is 15.3 Å². The molecule has 1 aromatic heterocycles. The third-order valence-corrected chi connectivity index (χ3v) is 2.75. The zero-order valence-corrected chi connectivity index (χ0v) is 11.1. The zero-order valence-electron chi connectivity index (χ0n) is 10.3. The number of nitro groups is 1. The summed E-state index contributed by atoms with van der Waals surface area (Å²) in [5, 5.41) is 13.5. The van der Waals surface area contributed by atoms with Crippen LogP contribution in [-0.4, -0.2) is 20.8 Å². The van der Waals surface area contributed by atoms with Crippen molar-refractivity contribution in [2.45, 2.75) is 6.92 Å². The van der Waals surface area contributed by atoms with Crippen LogP contribution in [0.4, 0.5) is 11.5 Å². The largest absolute Gasteiger partial charge is 0.306 e. The Morgan fingerprint density at radius 2 is 2.10 bits per heavy atom. The van der Waals surface area contributed by atoms with Gasteiger partial charge in [-0.1, -0.05) is 17.7 Å². The predicted molar refractivity (Wildman–Crippen MR) is 72.8 cm³/mol. The van der Waals surface area contributed by atoms with Gasteiger partial charge in [0.1, 0.15) is 17.3 Å². The highest BCUT2D eigenvalue weighted by molar-refractivity contribution is 6.29. The summed E-state index contributed by atoms with van der Waals surface area (Å²) in [6.45, 7) is 1.60. The minimum Gasteiger partial charge on any atom is -0.306 e. The lowest BCUT2D eigenvalue weighted by Gasteiger charge is -2.05. The number of benzene rings is 1. The van der Waals surface area contributed by atoms with Crippen LogP contribution in [0.1, 0.15) is 15.9 Å². The highest BCUT2D eigenvalue weighted by Crippen LogP contribution is 2.20. The van der Waals surface area contributed by atoms with Gasteiger partial charge in [-0.2, -0.15) is 0 Å². The molecule has 2 aromatic rings. The number of rotatable bonds is 3. The monoisotopic (exact) mass is 292 g/mol. The van der Waals surface area contributed by atoms with Gasteiger partial charge in [0.15, 0.2) is 0 Å². The van der Waals surface area contributed by atoms with E-state index in [0.29, 0.717) is 5.56 Å². The third kappa shape index (κ3) is 3.07. The lowest BCUT2D eigenvalue weighted by molar-refractivity contribution is -0.385. The Labute approximate surface area is 118 Å². The molecular formula is C12H9ClN4O3. The van der Waals surface area contributed by atoms with Crippen molar-refractivity contribution in [2.75, 3.05) is 5.32 Å². The molecule has 1 N–H and O–H groups in total. The average molecular weight is 293 g/mol. The quantitative estimate of drug-likeness (QED) is 0.532. The Balaban J connectivity index is 2.26. The summed E-state index contributed by atoms with van der Waals surface area (Å²) in [7, 11) is 0. The third-order valence-electron chi connectivity index (χ3n) is 2.54. The average Bonchev–Trinajstić information content (AvgIpc) is 2.38. The van der Waals surface area contributed by atoms with E-state index in [1.807, 2.05) is 0 Å². The van der Waals surface area contributed by atoms with Gasteiger partial charge in [-0.3, -0.25) is 14.9 Å². The fraction of sp³-hybridized carbons (Fsp3) is 0.0833. The van der Waals surface area contributed by atoms with Crippen LogP contribution in [0.15, 0.2) is 30.6 Å². The highest BCUT2D eigenvalue weighted by atomic mass is 35.5. The second kappa shape index (κ2) is 5.62. The number of amides is 1. The van der Waals surface area contributed by atoms with Crippen molar-refractivity contribution in [3.05, 3.63) is 57.0 Å². The van der Waals surface area contributed by atoms with Gasteiger partial charge in [0.2, 0.25) is 0 Å². The number of halogens is 1. The van der Waals surface area contributed by atoms with Crippen LogP contribution in [-0.2, 0) is 0 Å². The topological polar surface area (TPSA) is 98.0 Å². The van der Waals surface area contributed by atoms with Crippen molar-refractivity contribution in [2.24, 2.45) is 0 Å². The van der Waals surface area contributed by atoms with Crippen molar-refractivity contribution in [1.29, 1.82) is 0 Å². The molecule has 0 bridgehead atoms. The molecule has 8 heteroatoms. The van der Waals surface area contributed by atoms with E-state index in [4.69, 9.17) is 11.6 Å². The maximum Gasteiger partial charge on any atom is 0.273 e. The summed E-state index contributed by atoms with van der Waals surface area (Å²) in [6.07, 6.45) is 1.20. The number of aryl methyl sites for hydroxylation is 1. The number of aromatic nitrogens is 2. The van der Waals surface area contributed by atoms with Crippen LogP contribution in [0.25, 0.3) is 0 Å². The number of nitrogens with one attached hydrogen (secondary N) is 1. The van der Waals surface area contributed by atoms with E-state index in [1.54, 1.807) is 6.92 Å². The van der Waals surface area contributed by atoms with Gasteiger partial charge in [-0.05, 0) is 13.0 Å². The maximum atomic E-state index is 12.0. The van der Waals surface area contributed by atoms with E-state index in [0.717, 1.165) is 0 Å². The molecule has 0 radical (unpaired) electrons. The van der Waals surface area contributed by atoms with E-state index < -0.39 is 10.8 Å². The molecule has 0 aliphatic heterocycles. The van der Waals surface area contributed by atoms with Crippen LogP contribution in [0.5, 0.6) is 0 Å². The zero-order chi connectivity index (χ0) is 14.7. The number of nitro benzene ring substituents is 1. The number of nitrogens with zero attached hydrogens (tertiary/aromatic N) is 3. The number of hydrogen-bond acceptors (Lipinski definition) is 5. The normalized spacial score (nSPS) is 10.1. The summed E-state index contributed by atoms with van der Waals surface area (Å²) in [4.78, 5) is 29.8. The minimum atomic E-state index is -0.534. The molecular weight excluding hydrogens is 284 g/mol. The fourth-order valence-corrected chi connectivity index (χ4v) is 1.68. The molecule has 1 amide bonds. The molecule has 0 atom stereocenters. The first-order valence-corrected chi connectivity index (χ1v) is 5.89. The maximum absolute atomic E-state index is 12.0. The first-order valence-electron chi connectivity index (χ1n) is 5.51. The van der Waals surface area contributed by atoms with Gasteiger partial charge in [0.25, 0.3) is 11.6 Å². The second-order valence-corrected chi connectivity index (χ2v) is 4.33. The standard InChI is InChI=1S/C12H9ClN4O3/c1-7-2-3-8(4-9(7)17(19)20)12(18)16-11-5-10(13)14-6-15-11/h2-6H,1H3,(H,14,15,16,18). The summed E-state index contributed by atoms with van der Waals surface area (Å²) in [6, 6.07) is 5.61. The van der Waals surface area contributed by atoms with Gasteiger partial charge in [-0.25, -0.2) is 9.97 Å². The van der Waals surface area contributed by atoms with E-state index >= 15 is 0 Å². The van der Waals surface area contributed by atoms with Crippen LogP contribution >= 0.6 is 11.6 Å². The van der Waals surface area contributed by atoms with Crippen molar-refractivity contribution in [3.8, 4) is 0 Å². The van der Waals surface area contributed by atoms with Gasteiger partial charge in [0, 0.05) is 23.3 Å². The minimum absolute atomic E-state index is 0.113. The number of hydrogen-bond donors (Lipinski definition) is 1. The molecule has 0 aliphatic carbocycles. The second-order valence-electron chi connectivity index (χ2n) is 3.94. The number of carbonyl (C=O) groups is 1. The molecule has 0 fully saturated rings. The Hall–Kier alpha value is -2.54. The van der Waals surface area contributed by atoms with Crippen molar-refractivity contribution in [3.63, 3.8) is 0 Å². The van der Waals surface area contributed by atoms with Crippen LogP contribution in [0, 0.1) is 17.0 Å². The molecule has 0 saturated heterocycles. The Kier molecular flexibility index (Phi) is 3.90. The molecule has 7 nitrogen and oxygen atoms in total. The summed E-state index contributed by atoms with van der Waals surface area (Å²) in [5.41, 5.74) is 0.534. The molecule has 102 valence electrons. The van der Waals surface area contributed by atoms with Crippen molar-refractivity contribution < 1.29 is 9.72 Å². The SMILES string of the molecule is Cc1ccc(C(=O)Nc2cc(Cl)ncn2)cc1[N+](=O)[O-]. The molecule has 20 heavy (non-hydrogen) atoms. The lowest BCUT2D eigenvalue weighted by atomic mass is 10.1. The van der Waals surface area contributed by atoms with Crippen molar-refractivity contribution >= 4 is 29.0 Å². The molecule has 0 unspecified atom stereocenters. The first-order chi connectivity index (χ1) is 9.47. The molecule has 0 spiro atoms. The summed E-state index contributed by atoms with van der Waals surface area (Å²) in [5.74, 6) is -0.291. The molecule has 1 heterocycles. The number of carbonyl (C=O) groups excluding carboxylic acids is 1. The lowest BCUT2D eigenvalue weighted by Crippen LogP contribution is -2.13. The first kappa shape index (κ1) is 13.9. The molecule has 2 rings (SSSR count). The fourth-order valence-electron chi connectivity index (χ4n) is 1.54. The van der Waals surface area contributed by atoms with Gasteiger partial charge < -0.3 is 5.32 Å². The van der Waals surface area contributed by atoms with Crippen LogP contribution in [0.3, 0.4) is 0 Å². The van der Waals surface area contributed by atoms with Crippen LogP contribution in [0.2, 0.25) is 5.15 Å². The van der Waals surface area contributed by atoms with E-state index in [-0.39, 0.29) is 22.2 Å². The molecule has 0 saturated carbocycles. The smallest absolute Gasteiger partial charge is 0.273 e. The van der Waals surface area contributed by atoms with Gasteiger partial charge >= 0.3 is 0 Å². The summed E-state index contributed by atoms with van der Waals surface area (Å²) >= 11 is 5.67. The van der Waals surface area contributed by atoms with E-state index in [1.165, 1.54) is 30.6 Å². The van der Waals surface area contributed by atoms with Crippen molar-refractivity contribution in [1.82, 2.24) is 9.97 Å². The molecule has 0 aliphatic rings. The van der Waals surface area contributed by atoms with E-state index in [9.17, 15) is 14.9 Å². The molecule has 1 aromatic carbocycles. The Morgan fingerprint density at radius 1 is 1.35 bits per heavy atom. The number of anilines is 1. The van der Waals surface area contributed by atoms with Gasteiger partial charge in [0.05, 0.1) is 4.92 Å². The Bertz CT molecular complexity index is 690. The van der Waals surface area contributed by atoms with Crippen LogP contribution < -0.4 is 5.32 Å². The summed E-state index contributed by atoms with van der Waals surface area (Å²) < 4.78 is 0. The highest BCUT2D eigenvalue weighted by Gasteiger charge is 2.15. The van der Waals surface area contributed by atoms with Gasteiger partial charge in [-0.15, -0.1) is 0 Å². The predicted octanol–water partition coefficient (Wildman–Crippen LogP) is 2.60.